The fraction of sp³-hybridized carbons (Fsp3) is 0.833. The third-order valence-electron chi connectivity index (χ3n) is 1.46. The van der Waals surface area contributed by atoms with E-state index in [1.54, 1.807) is 0 Å². The quantitative estimate of drug-likeness (QED) is 0.516. The van der Waals surface area contributed by atoms with E-state index >= 15 is 0 Å². The van der Waals surface area contributed by atoms with Crippen LogP contribution in [-0.2, 0) is 18.9 Å². The molecule has 4 nitrogen and oxygen atoms in total. The van der Waals surface area contributed by atoms with Crippen LogP contribution in [0.2, 0.25) is 0 Å². The Kier molecular flexibility index (Phi) is 1.86. The summed E-state index contributed by atoms with van der Waals surface area (Å²) in [6.45, 7) is 2.14. The molecular weight excluding hydrogens is 136 g/mol. The summed E-state index contributed by atoms with van der Waals surface area (Å²) >= 11 is 0. The van der Waals surface area contributed by atoms with E-state index in [0.29, 0.717) is 26.6 Å². The van der Waals surface area contributed by atoms with Crippen molar-refractivity contribution in [2.45, 2.75) is 6.29 Å². The first-order chi connectivity index (χ1) is 4.97. The van der Waals surface area contributed by atoms with Gasteiger partial charge in [0.15, 0.2) is 12.4 Å². The second-order valence-corrected chi connectivity index (χ2v) is 2.15. The van der Waals surface area contributed by atoms with Crippen LogP contribution in [0, 0.1) is 6.10 Å². The third kappa shape index (κ3) is 1.15. The molecule has 57 valence electrons. The van der Waals surface area contributed by atoms with Crippen LogP contribution in [0.4, 0.5) is 0 Å². The predicted molar refractivity (Wildman–Crippen MR) is 30.8 cm³/mol. The lowest BCUT2D eigenvalue weighted by Gasteiger charge is -2.11. The Morgan fingerprint density at radius 2 is 2.00 bits per heavy atom. The van der Waals surface area contributed by atoms with Gasteiger partial charge in [0.25, 0.3) is 0 Å². The number of hydrogen-bond donors (Lipinski definition) is 0. The smallest absolute Gasteiger partial charge is 0.192 e. The molecule has 2 saturated heterocycles. The lowest BCUT2D eigenvalue weighted by molar-refractivity contribution is -0.0757. The Bertz CT molecular complexity index is 90.3. The fourth-order valence-corrected chi connectivity index (χ4v) is 0.982. The number of hydrogen-bond acceptors (Lipinski definition) is 4. The molecule has 0 aromatic heterocycles. The Morgan fingerprint density at radius 1 is 1.20 bits per heavy atom. The SMILES string of the molecule is C1OC[C](C2OCCO2)O1. The zero-order valence-electron chi connectivity index (χ0n) is 5.54. The van der Waals surface area contributed by atoms with E-state index in [9.17, 15) is 0 Å². The minimum absolute atomic E-state index is 0.275. The van der Waals surface area contributed by atoms with Gasteiger partial charge in [-0.25, -0.2) is 0 Å². The molecule has 0 spiro atoms. The average Bonchev–Trinajstić information content (AvgIpc) is 2.59. The molecule has 0 N–H and O–H groups in total. The van der Waals surface area contributed by atoms with E-state index < -0.39 is 0 Å². The summed E-state index contributed by atoms with van der Waals surface area (Å²) in [6, 6.07) is 0. The van der Waals surface area contributed by atoms with Crippen molar-refractivity contribution in [2.24, 2.45) is 0 Å². The molecule has 0 unspecified atom stereocenters. The molecule has 10 heavy (non-hydrogen) atoms. The summed E-state index contributed by atoms with van der Waals surface area (Å²) < 4.78 is 20.4. The molecular formula is C6H9O4. The summed E-state index contributed by atoms with van der Waals surface area (Å²) in [7, 11) is 0. The topological polar surface area (TPSA) is 36.9 Å². The molecule has 2 heterocycles. The van der Waals surface area contributed by atoms with Crippen LogP contribution in [-0.4, -0.2) is 32.9 Å². The minimum Gasteiger partial charge on any atom is -0.352 e. The molecule has 0 aromatic carbocycles. The summed E-state index contributed by atoms with van der Waals surface area (Å²) in [4.78, 5) is 0. The summed E-state index contributed by atoms with van der Waals surface area (Å²) in [5, 5.41) is 0. The highest BCUT2D eigenvalue weighted by atomic mass is 16.8. The number of rotatable bonds is 1. The Balaban J connectivity index is 1.85. The first-order valence-electron chi connectivity index (χ1n) is 3.26. The van der Waals surface area contributed by atoms with Crippen LogP contribution in [0.3, 0.4) is 0 Å². The van der Waals surface area contributed by atoms with Gasteiger partial charge in [0.05, 0.1) is 19.8 Å². The van der Waals surface area contributed by atoms with Crippen molar-refractivity contribution in [3.8, 4) is 0 Å². The molecule has 0 bridgehead atoms. The normalized spacial score (nSPS) is 30.0. The molecule has 2 aliphatic heterocycles. The maximum absolute atomic E-state index is 5.17. The van der Waals surface area contributed by atoms with Gasteiger partial charge in [0, 0.05) is 0 Å². The first-order valence-corrected chi connectivity index (χ1v) is 3.26. The van der Waals surface area contributed by atoms with Crippen LogP contribution >= 0.6 is 0 Å². The van der Waals surface area contributed by atoms with Gasteiger partial charge in [0.1, 0.15) is 6.79 Å². The Labute approximate surface area is 59.0 Å². The Morgan fingerprint density at radius 3 is 2.60 bits per heavy atom. The van der Waals surface area contributed by atoms with E-state index in [0.717, 1.165) is 6.10 Å². The van der Waals surface area contributed by atoms with Crippen molar-refractivity contribution in [3.05, 3.63) is 6.10 Å². The number of ether oxygens (including phenoxy) is 4. The van der Waals surface area contributed by atoms with E-state index in [-0.39, 0.29) is 6.29 Å². The predicted octanol–water partition coefficient (Wildman–Crippen LogP) is -0.104. The van der Waals surface area contributed by atoms with Crippen LogP contribution in [0.15, 0.2) is 0 Å². The molecule has 0 amide bonds. The first kappa shape index (κ1) is 6.54. The highest BCUT2D eigenvalue weighted by Gasteiger charge is 2.32. The van der Waals surface area contributed by atoms with Gasteiger partial charge >= 0.3 is 0 Å². The largest absolute Gasteiger partial charge is 0.352 e. The second kappa shape index (κ2) is 2.84. The zero-order chi connectivity index (χ0) is 6.81. The molecule has 2 aliphatic rings. The van der Waals surface area contributed by atoms with Gasteiger partial charge in [-0.3, -0.25) is 0 Å². The van der Waals surface area contributed by atoms with Crippen molar-refractivity contribution in [1.29, 1.82) is 0 Å². The van der Waals surface area contributed by atoms with Gasteiger partial charge in [-0.1, -0.05) is 0 Å². The van der Waals surface area contributed by atoms with Gasteiger partial charge < -0.3 is 18.9 Å². The van der Waals surface area contributed by atoms with E-state index in [1.165, 1.54) is 0 Å². The van der Waals surface area contributed by atoms with Gasteiger partial charge in [-0.2, -0.15) is 0 Å². The zero-order valence-corrected chi connectivity index (χ0v) is 5.54. The van der Waals surface area contributed by atoms with E-state index in [4.69, 9.17) is 18.9 Å². The monoisotopic (exact) mass is 145 g/mol. The fourth-order valence-electron chi connectivity index (χ4n) is 0.982. The Hall–Kier alpha value is -0.160. The van der Waals surface area contributed by atoms with Crippen molar-refractivity contribution >= 4 is 0 Å². The van der Waals surface area contributed by atoms with E-state index in [1.807, 2.05) is 0 Å². The molecule has 2 fully saturated rings. The highest BCUT2D eigenvalue weighted by Crippen LogP contribution is 2.21. The highest BCUT2D eigenvalue weighted by molar-refractivity contribution is 4.86. The molecule has 1 radical (unpaired) electrons. The van der Waals surface area contributed by atoms with Crippen LogP contribution in [0.25, 0.3) is 0 Å². The molecule has 2 rings (SSSR count). The average molecular weight is 145 g/mol. The second-order valence-electron chi connectivity index (χ2n) is 2.15. The maximum atomic E-state index is 5.17. The third-order valence-corrected chi connectivity index (χ3v) is 1.46. The van der Waals surface area contributed by atoms with Crippen LogP contribution in [0.5, 0.6) is 0 Å². The lowest BCUT2D eigenvalue weighted by atomic mass is 10.4. The maximum Gasteiger partial charge on any atom is 0.192 e. The van der Waals surface area contributed by atoms with Gasteiger partial charge in [-0.05, 0) is 0 Å². The summed E-state index contributed by atoms with van der Waals surface area (Å²) in [6.07, 6.45) is 0.486. The van der Waals surface area contributed by atoms with Crippen LogP contribution < -0.4 is 0 Å². The van der Waals surface area contributed by atoms with Crippen molar-refractivity contribution in [3.63, 3.8) is 0 Å². The minimum atomic E-state index is -0.275. The van der Waals surface area contributed by atoms with Gasteiger partial charge in [-0.15, -0.1) is 0 Å². The van der Waals surface area contributed by atoms with Crippen molar-refractivity contribution in [1.82, 2.24) is 0 Å². The van der Waals surface area contributed by atoms with Crippen molar-refractivity contribution in [2.75, 3.05) is 26.6 Å². The molecule has 0 atom stereocenters. The molecule has 0 saturated carbocycles. The lowest BCUT2D eigenvalue weighted by Crippen LogP contribution is -2.20. The summed E-state index contributed by atoms with van der Waals surface area (Å²) in [5.74, 6) is 0. The molecule has 0 aromatic rings. The molecule has 4 heteroatoms. The van der Waals surface area contributed by atoms with E-state index in [2.05, 4.69) is 0 Å². The van der Waals surface area contributed by atoms with Gasteiger partial charge in [0.2, 0.25) is 0 Å². The van der Waals surface area contributed by atoms with Crippen molar-refractivity contribution < 1.29 is 18.9 Å². The summed E-state index contributed by atoms with van der Waals surface area (Å²) in [5.41, 5.74) is 0. The molecule has 0 aliphatic carbocycles. The standard InChI is InChI=1S/C6H9O4/c1-2-9-6(8-1)5-3-7-4-10-5/h6H,1-4H2. The van der Waals surface area contributed by atoms with Crippen LogP contribution in [0.1, 0.15) is 0 Å².